The molecule has 0 radical (unpaired) electrons. The molecule has 0 fully saturated rings. The van der Waals surface area contributed by atoms with Crippen molar-refractivity contribution in [1.82, 2.24) is 0 Å². The van der Waals surface area contributed by atoms with E-state index in [9.17, 15) is 26.3 Å². The standard InChI is InChI=1S/2C17H12F3.C2H7Si.2ClH.Zr/c2*1-11-9-13-3-2-4-15(16(13)10-11)12-5-7-14(8-6-12)17(18,19)20;1-3-2;;;/h2*2-10H,1H3;3H,1-2H3;2*1H;/q;;;;;+2/p-2. The van der Waals surface area contributed by atoms with Crippen LogP contribution in [-0.4, -0.2) is 5.92 Å². The minimum absolute atomic E-state index is 0.213. The molecule has 2 atom stereocenters. The van der Waals surface area contributed by atoms with E-state index < -0.39 is 45.0 Å². The van der Waals surface area contributed by atoms with Gasteiger partial charge in [-0.15, -0.1) is 0 Å². The molecule has 0 nitrogen and oxygen atoms in total. The van der Waals surface area contributed by atoms with E-state index in [-0.39, 0.29) is 7.25 Å². The van der Waals surface area contributed by atoms with Crippen LogP contribution < -0.4 is 0 Å². The van der Waals surface area contributed by atoms with Gasteiger partial charge in [0.05, 0.1) is 0 Å². The molecule has 2 aliphatic carbocycles. The summed E-state index contributed by atoms with van der Waals surface area (Å²) in [5, 5.41) is 0. The van der Waals surface area contributed by atoms with E-state index in [0.29, 0.717) is 11.1 Å². The molecule has 10 heteroatoms. The second kappa shape index (κ2) is 11.4. The topological polar surface area (TPSA) is 0 Å². The predicted molar refractivity (Wildman–Crippen MR) is 177 cm³/mol. The summed E-state index contributed by atoms with van der Waals surface area (Å²) >= 11 is -5.02. The van der Waals surface area contributed by atoms with Crippen molar-refractivity contribution in [3.8, 4) is 22.3 Å². The molecule has 0 spiro atoms. The van der Waals surface area contributed by atoms with Crippen LogP contribution in [-0.2, 0) is 27.9 Å². The molecule has 2 unspecified atom stereocenters. The summed E-state index contributed by atoms with van der Waals surface area (Å²) in [6.45, 7) is 8.51. The Morgan fingerprint density at radius 3 is 1.22 bits per heavy atom. The summed E-state index contributed by atoms with van der Waals surface area (Å²) in [7, 11) is 16.5. The van der Waals surface area contributed by atoms with Gasteiger partial charge in [0, 0.05) is 0 Å². The van der Waals surface area contributed by atoms with Gasteiger partial charge in [-0.1, -0.05) is 0 Å². The molecule has 0 bridgehead atoms. The minimum atomic E-state index is -5.02. The molecule has 0 aromatic heterocycles. The van der Waals surface area contributed by atoms with Crippen LogP contribution in [0.1, 0.15) is 54.5 Å². The summed E-state index contributed by atoms with van der Waals surface area (Å²) in [6, 6.07) is 22.2. The van der Waals surface area contributed by atoms with Crippen LogP contribution in [0.25, 0.3) is 34.4 Å². The van der Waals surface area contributed by atoms with Gasteiger partial charge in [-0.25, -0.2) is 0 Å². The Bertz CT molecular complexity index is 1770. The number of alkyl halides is 6. The molecule has 6 rings (SSSR count). The third-order valence-corrected chi connectivity index (χ3v) is 62.1. The fourth-order valence-electron chi connectivity index (χ4n) is 7.58. The molecule has 239 valence electrons. The third kappa shape index (κ3) is 5.32. The Hall–Kier alpha value is -2.38. The molecule has 2 aliphatic rings. The van der Waals surface area contributed by atoms with Gasteiger partial charge in [-0.2, -0.15) is 0 Å². The summed E-state index contributed by atoms with van der Waals surface area (Å²) < 4.78 is 79.3. The summed E-state index contributed by atoms with van der Waals surface area (Å²) in [5.41, 5.74) is 7.58. The van der Waals surface area contributed by atoms with Crippen molar-refractivity contribution in [3.63, 3.8) is 0 Å². The molecule has 46 heavy (non-hydrogen) atoms. The van der Waals surface area contributed by atoms with E-state index in [1.54, 1.807) is 0 Å². The van der Waals surface area contributed by atoms with Gasteiger partial charge in [0.1, 0.15) is 0 Å². The van der Waals surface area contributed by atoms with Gasteiger partial charge in [-0.05, 0) is 0 Å². The van der Waals surface area contributed by atoms with Crippen molar-refractivity contribution in [2.75, 3.05) is 0 Å². The van der Waals surface area contributed by atoms with Crippen molar-refractivity contribution in [3.05, 3.63) is 129 Å². The van der Waals surface area contributed by atoms with E-state index in [4.69, 9.17) is 17.0 Å². The molecular formula is C36H31Cl2F6SiZr. The van der Waals surface area contributed by atoms with Crippen molar-refractivity contribution in [2.45, 2.75) is 46.5 Å². The van der Waals surface area contributed by atoms with Gasteiger partial charge in [0.15, 0.2) is 0 Å². The second-order valence-corrected chi connectivity index (χ2v) is 55.3. The van der Waals surface area contributed by atoms with Crippen molar-refractivity contribution in [1.29, 1.82) is 0 Å². The quantitative estimate of drug-likeness (QED) is 0.140. The van der Waals surface area contributed by atoms with E-state index in [0.717, 1.165) is 68.8 Å². The molecule has 0 aliphatic heterocycles. The Kier molecular flexibility index (Phi) is 8.28. The molecule has 0 saturated heterocycles. The van der Waals surface area contributed by atoms with Gasteiger partial charge in [-0.3, -0.25) is 0 Å². The Labute approximate surface area is 273 Å². The van der Waals surface area contributed by atoms with Crippen molar-refractivity contribution >= 4 is 35.1 Å². The van der Waals surface area contributed by atoms with Crippen LogP contribution in [0.2, 0.25) is 13.1 Å². The van der Waals surface area contributed by atoms with E-state index in [2.05, 4.69) is 25.2 Å². The summed E-state index contributed by atoms with van der Waals surface area (Å²) in [5.74, 6) is -1.84. The Morgan fingerprint density at radius 1 is 0.565 bits per heavy atom. The second-order valence-electron chi connectivity index (χ2n) is 12.8. The number of rotatable bonds is 5. The molecule has 0 N–H and O–H groups in total. The van der Waals surface area contributed by atoms with E-state index in [1.807, 2.05) is 50.2 Å². The molecule has 4 aromatic rings. The number of fused-ring (bicyclic) bond motifs is 2. The van der Waals surface area contributed by atoms with Crippen LogP contribution >= 0.6 is 17.0 Å². The summed E-state index contributed by atoms with van der Waals surface area (Å²) in [6.07, 6.45) is -4.66. The molecule has 0 saturated carbocycles. The van der Waals surface area contributed by atoms with Crippen LogP contribution in [0.3, 0.4) is 0 Å². The first-order valence-electron chi connectivity index (χ1n) is 15.0. The van der Waals surface area contributed by atoms with Crippen LogP contribution in [0.4, 0.5) is 26.3 Å². The number of allylic oxidation sites excluding steroid dienone is 2. The first-order valence-corrected chi connectivity index (χ1v) is 31.3. The van der Waals surface area contributed by atoms with Crippen molar-refractivity contribution in [2.24, 2.45) is 0 Å². The number of hydrogen-bond acceptors (Lipinski definition) is 0. The third-order valence-electron chi connectivity index (χ3n) is 9.81. The number of hydrogen-bond donors (Lipinski definition) is 0. The molecule has 0 heterocycles. The molecule has 0 amide bonds. The van der Waals surface area contributed by atoms with Gasteiger partial charge < -0.3 is 0 Å². The van der Waals surface area contributed by atoms with Crippen LogP contribution in [0.5, 0.6) is 0 Å². The monoisotopic (exact) mass is 765 g/mol. The van der Waals surface area contributed by atoms with E-state index >= 15 is 0 Å². The molecular weight excluding hydrogens is 737 g/mol. The zero-order valence-electron chi connectivity index (χ0n) is 25.5. The predicted octanol–water partition coefficient (Wildman–Crippen LogP) is 12.7. The fourth-order valence-corrected chi connectivity index (χ4v) is 40.5. The zero-order chi connectivity index (χ0) is 33.4. The normalized spacial score (nSPS) is 18.9. The summed E-state index contributed by atoms with van der Waals surface area (Å²) in [4.78, 5) is 0. The van der Waals surface area contributed by atoms with Gasteiger partial charge in [0.25, 0.3) is 0 Å². The van der Waals surface area contributed by atoms with Gasteiger partial charge >= 0.3 is 275 Å². The van der Waals surface area contributed by atoms with Crippen molar-refractivity contribution < 1.29 is 41.9 Å². The van der Waals surface area contributed by atoms with Crippen LogP contribution in [0, 0.1) is 0 Å². The zero-order valence-corrected chi connectivity index (χ0v) is 30.6. The Morgan fingerprint density at radius 2 is 0.913 bits per heavy atom. The number of halogens is 8. The van der Waals surface area contributed by atoms with E-state index in [1.165, 1.54) is 24.3 Å². The Balaban J connectivity index is 1.47. The maximum absolute atomic E-state index is 13.3. The van der Waals surface area contributed by atoms with Crippen LogP contribution in [0.15, 0.2) is 96.1 Å². The average molecular weight is 768 g/mol. The molecule has 4 aromatic carbocycles. The first-order chi connectivity index (χ1) is 21.4. The first kappa shape index (κ1) is 33.5. The van der Waals surface area contributed by atoms with Gasteiger partial charge in [0.2, 0.25) is 0 Å². The SMILES string of the molecule is CC1=Cc2c(-c3ccc(C(F)(F)F)cc3)cccc2[CH]1[Zr]([Cl])([Cl])([CH]1C(C)=Cc2c(-c3ccc(C(F)(F)F)cc3)cccc21)[SiH](C)C. The number of benzene rings is 4. The average Bonchev–Trinajstić information content (AvgIpc) is 3.52. The fraction of sp³-hybridized carbons (Fsp3) is 0.222. The maximum atomic E-state index is 13.3.